The van der Waals surface area contributed by atoms with Crippen molar-refractivity contribution in [1.29, 1.82) is 0 Å². The maximum absolute atomic E-state index is 9.79. The molecule has 1 aromatic rings. The van der Waals surface area contributed by atoms with Gasteiger partial charge < -0.3 is 9.84 Å². The molecule has 88 valence electrons. The molecule has 1 aromatic carbocycles. The van der Waals surface area contributed by atoms with Crippen LogP contribution in [0.5, 0.6) is 0 Å². The van der Waals surface area contributed by atoms with E-state index in [1.165, 1.54) is 5.56 Å². The third-order valence-electron chi connectivity index (χ3n) is 2.89. The van der Waals surface area contributed by atoms with Crippen molar-refractivity contribution in [2.45, 2.75) is 51.4 Å². The van der Waals surface area contributed by atoms with Gasteiger partial charge in [-0.3, -0.25) is 0 Å². The number of aliphatic hydroxyl groups is 1. The second-order valence-corrected chi connectivity index (χ2v) is 5.84. The van der Waals surface area contributed by atoms with E-state index < -0.39 is 5.60 Å². The predicted octanol–water partition coefficient (Wildman–Crippen LogP) is 2.85. The Hall–Kier alpha value is -0.860. The SMILES string of the molecule is CC(C)(O)Cc1cccc(C2OC2(C)C)c1. The molecule has 0 bridgehead atoms. The van der Waals surface area contributed by atoms with Crippen LogP contribution in [0.1, 0.15) is 44.9 Å². The van der Waals surface area contributed by atoms with Crippen LogP contribution in [0.25, 0.3) is 0 Å². The first-order chi connectivity index (χ1) is 7.28. The predicted molar refractivity (Wildman–Crippen MR) is 64.3 cm³/mol. The van der Waals surface area contributed by atoms with Crippen LogP contribution >= 0.6 is 0 Å². The fourth-order valence-corrected chi connectivity index (χ4v) is 2.10. The summed E-state index contributed by atoms with van der Waals surface area (Å²) in [7, 11) is 0. The zero-order valence-corrected chi connectivity index (χ0v) is 10.4. The van der Waals surface area contributed by atoms with Gasteiger partial charge in [0.25, 0.3) is 0 Å². The molecule has 1 aliphatic heterocycles. The highest BCUT2D eigenvalue weighted by atomic mass is 16.6. The first-order valence-corrected chi connectivity index (χ1v) is 5.77. The van der Waals surface area contributed by atoms with E-state index >= 15 is 0 Å². The Labute approximate surface area is 97.3 Å². The molecule has 0 spiro atoms. The van der Waals surface area contributed by atoms with Crippen LogP contribution < -0.4 is 0 Å². The summed E-state index contributed by atoms with van der Waals surface area (Å²) in [5, 5.41) is 9.79. The molecule has 1 saturated heterocycles. The number of epoxide rings is 1. The summed E-state index contributed by atoms with van der Waals surface area (Å²) in [6, 6.07) is 8.32. The molecule has 0 saturated carbocycles. The third kappa shape index (κ3) is 2.63. The number of hydrogen-bond donors (Lipinski definition) is 1. The van der Waals surface area contributed by atoms with E-state index in [0.717, 1.165) is 5.56 Å². The first-order valence-electron chi connectivity index (χ1n) is 5.77. The molecule has 1 unspecified atom stereocenters. The Kier molecular flexibility index (Phi) is 2.59. The molecule has 1 atom stereocenters. The lowest BCUT2D eigenvalue weighted by molar-refractivity contribution is 0.0810. The first kappa shape index (κ1) is 11.6. The normalized spacial score (nSPS) is 23.2. The van der Waals surface area contributed by atoms with Crippen molar-refractivity contribution >= 4 is 0 Å². The Bertz CT molecular complexity index is 388. The Morgan fingerprint density at radius 1 is 1.38 bits per heavy atom. The number of ether oxygens (including phenoxy) is 1. The van der Waals surface area contributed by atoms with Crippen LogP contribution in [0.2, 0.25) is 0 Å². The highest BCUT2D eigenvalue weighted by molar-refractivity contribution is 5.30. The Morgan fingerprint density at radius 3 is 2.50 bits per heavy atom. The average Bonchev–Trinajstić information content (AvgIpc) is 2.72. The van der Waals surface area contributed by atoms with Gasteiger partial charge in [-0.25, -0.2) is 0 Å². The molecular weight excluding hydrogens is 200 g/mol. The van der Waals surface area contributed by atoms with Gasteiger partial charge in [-0.1, -0.05) is 24.3 Å². The molecule has 1 fully saturated rings. The second kappa shape index (κ2) is 3.57. The number of rotatable bonds is 3. The van der Waals surface area contributed by atoms with Crippen molar-refractivity contribution in [3.63, 3.8) is 0 Å². The molecule has 1 heterocycles. The zero-order valence-electron chi connectivity index (χ0n) is 10.4. The molecular formula is C14H20O2. The van der Waals surface area contributed by atoms with Crippen LogP contribution in [-0.4, -0.2) is 16.3 Å². The summed E-state index contributed by atoms with van der Waals surface area (Å²) >= 11 is 0. The second-order valence-electron chi connectivity index (χ2n) is 5.84. The van der Waals surface area contributed by atoms with Crippen LogP contribution in [0.4, 0.5) is 0 Å². The molecule has 0 aromatic heterocycles. The van der Waals surface area contributed by atoms with E-state index in [0.29, 0.717) is 6.42 Å². The molecule has 0 amide bonds. The van der Waals surface area contributed by atoms with Gasteiger partial charge in [-0.05, 0) is 38.8 Å². The molecule has 1 aliphatic rings. The summed E-state index contributed by atoms with van der Waals surface area (Å²) in [6.45, 7) is 7.86. The van der Waals surface area contributed by atoms with E-state index in [-0.39, 0.29) is 11.7 Å². The maximum Gasteiger partial charge on any atom is 0.112 e. The van der Waals surface area contributed by atoms with Crippen molar-refractivity contribution in [2.24, 2.45) is 0 Å². The van der Waals surface area contributed by atoms with Crippen LogP contribution in [0.3, 0.4) is 0 Å². The Balaban J connectivity index is 2.15. The molecule has 2 nitrogen and oxygen atoms in total. The summed E-state index contributed by atoms with van der Waals surface area (Å²) < 4.78 is 5.61. The van der Waals surface area contributed by atoms with Gasteiger partial charge in [0, 0.05) is 6.42 Å². The lowest BCUT2D eigenvalue weighted by Gasteiger charge is -2.17. The quantitative estimate of drug-likeness (QED) is 0.794. The van der Waals surface area contributed by atoms with Crippen LogP contribution in [0.15, 0.2) is 24.3 Å². The Morgan fingerprint density at radius 2 is 2.00 bits per heavy atom. The molecule has 1 N–H and O–H groups in total. The van der Waals surface area contributed by atoms with Gasteiger partial charge in [0.05, 0.1) is 11.2 Å². The van der Waals surface area contributed by atoms with Gasteiger partial charge >= 0.3 is 0 Å². The van der Waals surface area contributed by atoms with Gasteiger partial charge in [-0.2, -0.15) is 0 Å². The molecule has 0 radical (unpaired) electrons. The fraction of sp³-hybridized carbons (Fsp3) is 0.571. The van der Waals surface area contributed by atoms with Gasteiger partial charge in [0.2, 0.25) is 0 Å². The maximum atomic E-state index is 9.79. The third-order valence-corrected chi connectivity index (χ3v) is 2.89. The van der Waals surface area contributed by atoms with Crippen molar-refractivity contribution < 1.29 is 9.84 Å². The minimum atomic E-state index is -0.654. The minimum Gasteiger partial charge on any atom is -0.390 e. The highest BCUT2D eigenvalue weighted by Gasteiger charge is 2.48. The van der Waals surface area contributed by atoms with E-state index in [2.05, 4.69) is 32.0 Å². The highest BCUT2D eigenvalue weighted by Crippen LogP contribution is 2.48. The van der Waals surface area contributed by atoms with Gasteiger partial charge in [0.1, 0.15) is 6.10 Å². The van der Waals surface area contributed by atoms with Crippen molar-refractivity contribution in [3.8, 4) is 0 Å². The van der Waals surface area contributed by atoms with Crippen molar-refractivity contribution in [2.75, 3.05) is 0 Å². The molecule has 2 rings (SSSR count). The summed E-state index contributed by atoms with van der Waals surface area (Å²) in [5.41, 5.74) is 1.70. The monoisotopic (exact) mass is 220 g/mol. The van der Waals surface area contributed by atoms with E-state index in [9.17, 15) is 5.11 Å². The van der Waals surface area contributed by atoms with Gasteiger partial charge in [0.15, 0.2) is 0 Å². The van der Waals surface area contributed by atoms with Crippen LogP contribution in [-0.2, 0) is 11.2 Å². The topological polar surface area (TPSA) is 32.8 Å². The van der Waals surface area contributed by atoms with E-state index in [4.69, 9.17) is 4.74 Å². The molecule has 16 heavy (non-hydrogen) atoms. The summed E-state index contributed by atoms with van der Waals surface area (Å²) in [4.78, 5) is 0. The standard InChI is InChI=1S/C14H20O2/c1-13(2,15)9-10-6-5-7-11(8-10)12-14(3,4)16-12/h5-8,12,15H,9H2,1-4H3. The lowest BCUT2D eigenvalue weighted by Crippen LogP contribution is -2.21. The minimum absolute atomic E-state index is 0.0205. The average molecular weight is 220 g/mol. The summed E-state index contributed by atoms with van der Waals surface area (Å²) in [6.07, 6.45) is 0.891. The van der Waals surface area contributed by atoms with E-state index in [1.807, 2.05) is 19.9 Å². The van der Waals surface area contributed by atoms with Crippen molar-refractivity contribution in [1.82, 2.24) is 0 Å². The zero-order chi connectivity index (χ0) is 12.0. The fourth-order valence-electron chi connectivity index (χ4n) is 2.10. The van der Waals surface area contributed by atoms with E-state index in [1.54, 1.807) is 0 Å². The van der Waals surface area contributed by atoms with Gasteiger partial charge in [-0.15, -0.1) is 0 Å². The molecule has 2 heteroatoms. The number of benzene rings is 1. The largest absolute Gasteiger partial charge is 0.390 e. The smallest absolute Gasteiger partial charge is 0.112 e. The van der Waals surface area contributed by atoms with Crippen molar-refractivity contribution in [3.05, 3.63) is 35.4 Å². The summed E-state index contributed by atoms with van der Waals surface area (Å²) in [5.74, 6) is 0. The number of hydrogen-bond acceptors (Lipinski definition) is 2. The lowest BCUT2D eigenvalue weighted by atomic mass is 9.95. The van der Waals surface area contributed by atoms with Crippen LogP contribution in [0, 0.1) is 0 Å². The molecule has 0 aliphatic carbocycles.